The average Bonchev–Trinajstić information content (AvgIpc) is 3.50. The number of imidazole rings is 1. The number of fused-ring (bicyclic) bond motifs is 1. The summed E-state index contributed by atoms with van der Waals surface area (Å²) in [6, 6.07) is 11.7. The van der Waals surface area contributed by atoms with Gasteiger partial charge in [-0.15, -0.1) is 0 Å². The number of ether oxygens (including phenoxy) is 2. The first-order valence-corrected chi connectivity index (χ1v) is 11.1. The number of nitrogens with zero attached hydrogens (tertiary/aromatic N) is 5. The van der Waals surface area contributed by atoms with Gasteiger partial charge in [-0.05, 0) is 11.6 Å². The molecule has 0 saturated carbocycles. The van der Waals surface area contributed by atoms with Crippen LogP contribution in [0.5, 0.6) is 5.75 Å². The molecule has 4 heterocycles. The highest BCUT2D eigenvalue weighted by Crippen LogP contribution is 2.33. The Balaban J connectivity index is 1.56. The third-order valence-corrected chi connectivity index (χ3v) is 5.84. The lowest BCUT2D eigenvalue weighted by atomic mass is 10.1. The molecule has 0 radical (unpaired) electrons. The van der Waals surface area contributed by atoms with E-state index in [1.807, 2.05) is 30.3 Å². The van der Waals surface area contributed by atoms with Crippen LogP contribution < -0.4 is 15.4 Å². The molecule has 5 rings (SSSR count). The van der Waals surface area contributed by atoms with Gasteiger partial charge >= 0.3 is 0 Å². The highest BCUT2D eigenvalue weighted by molar-refractivity contribution is 5.85. The first kappa shape index (κ1) is 22.7. The van der Waals surface area contributed by atoms with Crippen molar-refractivity contribution in [3.05, 3.63) is 60.7 Å². The second-order valence-electron chi connectivity index (χ2n) is 8.10. The number of nitrogens with one attached hydrogen (secondary N) is 2. The molecule has 1 fully saturated rings. The van der Waals surface area contributed by atoms with Crippen molar-refractivity contribution in [3.63, 3.8) is 0 Å². The number of aliphatic hydroxyl groups is 1. The van der Waals surface area contributed by atoms with E-state index in [0.29, 0.717) is 40.7 Å². The van der Waals surface area contributed by atoms with Gasteiger partial charge in [-0.2, -0.15) is 0 Å². The lowest BCUT2D eigenvalue weighted by Gasteiger charge is -2.15. The molecule has 0 bridgehead atoms. The highest BCUT2D eigenvalue weighted by Gasteiger charge is 2.40. The van der Waals surface area contributed by atoms with Gasteiger partial charge in [-0.3, -0.25) is 14.3 Å². The Morgan fingerprint density at radius 2 is 2.09 bits per heavy atom. The van der Waals surface area contributed by atoms with Gasteiger partial charge in [0.25, 0.3) is 5.91 Å². The summed E-state index contributed by atoms with van der Waals surface area (Å²) in [6.07, 6.45) is 2.53. The molecule has 180 valence electrons. The minimum Gasteiger partial charge on any atom is -0.495 e. The van der Waals surface area contributed by atoms with E-state index in [0.717, 1.165) is 5.56 Å². The van der Waals surface area contributed by atoms with Crippen molar-refractivity contribution < 1.29 is 19.4 Å². The molecule has 4 aromatic rings. The fraction of sp³-hybridized carbons (Fsp3) is 0.292. The zero-order chi connectivity index (χ0) is 24.4. The van der Waals surface area contributed by atoms with Gasteiger partial charge in [0.2, 0.25) is 0 Å². The van der Waals surface area contributed by atoms with Gasteiger partial charge in [0.05, 0.1) is 25.7 Å². The summed E-state index contributed by atoms with van der Waals surface area (Å²) < 4.78 is 12.9. The summed E-state index contributed by atoms with van der Waals surface area (Å²) in [5.41, 5.74) is 2.79. The van der Waals surface area contributed by atoms with Crippen molar-refractivity contribution in [1.82, 2.24) is 29.8 Å². The molecule has 3 aromatic heterocycles. The Labute approximate surface area is 201 Å². The molecule has 1 aliphatic heterocycles. The topological polar surface area (TPSA) is 136 Å². The number of amides is 1. The van der Waals surface area contributed by atoms with Crippen LogP contribution in [0.4, 0.5) is 5.82 Å². The van der Waals surface area contributed by atoms with E-state index in [-0.39, 0.29) is 12.3 Å². The Morgan fingerprint density at radius 1 is 1.26 bits per heavy atom. The minimum absolute atomic E-state index is 0.219. The van der Waals surface area contributed by atoms with Crippen LogP contribution in [-0.2, 0) is 16.1 Å². The molecule has 11 heteroatoms. The number of hydrogen-bond acceptors (Lipinski definition) is 9. The molecule has 0 spiro atoms. The molecule has 0 unspecified atom stereocenters. The molecule has 1 amide bonds. The third kappa shape index (κ3) is 4.51. The number of methoxy groups -OCH3 is 1. The number of aromatic nitrogens is 5. The number of hydrogen-bond donors (Lipinski definition) is 3. The molecular formula is C24H25N7O4. The zero-order valence-corrected chi connectivity index (χ0v) is 19.3. The average molecular weight is 476 g/mol. The third-order valence-electron chi connectivity index (χ3n) is 5.84. The van der Waals surface area contributed by atoms with Crippen molar-refractivity contribution in [3.8, 4) is 17.1 Å². The van der Waals surface area contributed by atoms with Crippen molar-refractivity contribution in [2.75, 3.05) is 19.5 Å². The molecule has 0 aliphatic carbocycles. The first-order valence-electron chi connectivity index (χ1n) is 11.1. The fourth-order valence-corrected chi connectivity index (χ4v) is 4.02. The van der Waals surface area contributed by atoms with Gasteiger partial charge in [0.1, 0.15) is 12.0 Å². The Hall–Kier alpha value is -4.09. The number of likely N-dealkylation sites (N-methyl/N-ethyl adjacent to an activating group) is 1. The number of aliphatic hydroxyl groups excluding tert-OH is 1. The van der Waals surface area contributed by atoms with Gasteiger partial charge in [-0.1, -0.05) is 30.3 Å². The van der Waals surface area contributed by atoms with E-state index < -0.39 is 18.4 Å². The quantitative estimate of drug-likeness (QED) is 0.366. The minimum atomic E-state index is -0.970. The first-order chi connectivity index (χ1) is 17.1. The van der Waals surface area contributed by atoms with Gasteiger partial charge in [-0.25, -0.2) is 15.0 Å². The Bertz CT molecular complexity index is 1340. The number of pyridine rings is 1. The van der Waals surface area contributed by atoms with Crippen LogP contribution in [0.3, 0.4) is 0 Å². The van der Waals surface area contributed by atoms with E-state index in [4.69, 9.17) is 19.4 Å². The van der Waals surface area contributed by atoms with Crippen LogP contribution in [0, 0.1) is 0 Å². The Kier molecular flexibility index (Phi) is 6.25. The molecule has 11 nitrogen and oxygen atoms in total. The van der Waals surface area contributed by atoms with Crippen LogP contribution in [0.25, 0.3) is 22.6 Å². The second kappa shape index (κ2) is 9.65. The van der Waals surface area contributed by atoms with Crippen LogP contribution in [0.2, 0.25) is 0 Å². The highest BCUT2D eigenvalue weighted by atomic mass is 16.5. The van der Waals surface area contributed by atoms with Gasteiger partial charge in [0.15, 0.2) is 28.9 Å². The van der Waals surface area contributed by atoms with Crippen LogP contribution >= 0.6 is 0 Å². The number of rotatable bonds is 7. The molecule has 3 atom stereocenters. The van der Waals surface area contributed by atoms with Gasteiger partial charge in [0, 0.05) is 31.8 Å². The van der Waals surface area contributed by atoms with Crippen LogP contribution in [0.1, 0.15) is 18.2 Å². The fourth-order valence-electron chi connectivity index (χ4n) is 4.02. The summed E-state index contributed by atoms with van der Waals surface area (Å²) in [6.45, 7) is 0.535. The standard InChI is InChI=1S/C24H25N7O4/c1-25-24(33)20-17(32)9-18(35-20)31-13-28-19-22(27-10-14-6-4-3-5-7-14)29-21(30-23(19)31)15-8-16(34-2)12-26-11-15/h3-8,11-13,17-18,20,32H,9-10H2,1-2H3,(H,25,33)(H,27,29,30)/t17-,18+,20-/m0/s1. The molecule has 1 aliphatic rings. The number of carbonyl (C=O) groups is 1. The van der Waals surface area contributed by atoms with Crippen molar-refractivity contribution in [1.29, 1.82) is 0 Å². The lowest BCUT2D eigenvalue weighted by Crippen LogP contribution is -2.38. The molecule has 35 heavy (non-hydrogen) atoms. The van der Waals surface area contributed by atoms with Crippen molar-refractivity contribution >= 4 is 22.9 Å². The predicted octanol–water partition coefficient (Wildman–Crippen LogP) is 1.90. The maximum absolute atomic E-state index is 12.1. The normalized spacial score (nSPS) is 19.6. The number of carbonyl (C=O) groups excluding carboxylic acids is 1. The Morgan fingerprint density at radius 3 is 2.86 bits per heavy atom. The number of benzene rings is 1. The SMILES string of the molecule is CNC(=O)[C@H]1O[C@@H](n2cnc3c(NCc4ccccc4)nc(-c4cncc(OC)c4)nc32)C[C@@H]1O. The van der Waals surface area contributed by atoms with E-state index in [9.17, 15) is 9.90 Å². The smallest absolute Gasteiger partial charge is 0.251 e. The molecule has 3 N–H and O–H groups in total. The maximum Gasteiger partial charge on any atom is 0.251 e. The van der Waals surface area contributed by atoms with E-state index in [1.54, 1.807) is 36.5 Å². The summed E-state index contributed by atoms with van der Waals surface area (Å²) in [4.78, 5) is 30.3. The maximum atomic E-state index is 12.1. The largest absolute Gasteiger partial charge is 0.495 e. The molecular weight excluding hydrogens is 450 g/mol. The predicted molar refractivity (Wildman–Crippen MR) is 127 cm³/mol. The van der Waals surface area contributed by atoms with Crippen LogP contribution in [-0.4, -0.2) is 61.9 Å². The monoisotopic (exact) mass is 475 g/mol. The van der Waals surface area contributed by atoms with Gasteiger partial charge < -0.3 is 25.2 Å². The number of anilines is 1. The van der Waals surface area contributed by atoms with E-state index in [1.165, 1.54) is 7.05 Å². The molecule has 1 saturated heterocycles. The summed E-state index contributed by atoms with van der Waals surface area (Å²) >= 11 is 0. The van der Waals surface area contributed by atoms with E-state index in [2.05, 4.69) is 20.6 Å². The molecule has 1 aromatic carbocycles. The van der Waals surface area contributed by atoms with Crippen molar-refractivity contribution in [2.24, 2.45) is 0 Å². The van der Waals surface area contributed by atoms with E-state index >= 15 is 0 Å². The van der Waals surface area contributed by atoms with Crippen molar-refractivity contribution in [2.45, 2.75) is 31.4 Å². The zero-order valence-electron chi connectivity index (χ0n) is 19.3. The lowest BCUT2D eigenvalue weighted by molar-refractivity contribution is -0.137. The summed E-state index contributed by atoms with van der Waals surface area (Å²) in [5, 5.41) is 16.3. The second-order valence-corrected chi connectivity index (χ2v) is 8.10. The summed E-state index contributed by atoms with van der Waals surface area (Å²) in [7, 11) is 3.07. The summed E-state index contributed by atoms with van der Waals surface area (Å²) in [5.74, 6) is 1.15. The van der Waals surface area contributed by atoms with Crippen LogP contribution in [0.15, 0.2) is 55.1 Å².